The molecule has 0 radical (unpaired) electrons. The molecule has 1 unspecified atom stereocenters. The number of hydrogen-bond acceptors (Lipinski definition) is 5. The minimum atomic E-state index is -0.235. The van der Waals surface area contributed by atoms with Gasteiger partial charge in [0, 0.05) is 16.3 Å². The van der Waals surface area contributed by atoms with Gasteiger partial charge >= 0.3 is 0 Å². The number of ether oxygens (including phenoxy) is 2. The summed E-state index contributed by atoms with van der Waals surface area (Å²) in [6, 6.07) is 22.7. The molecule has 8 heteroatoms. The second kappa shape index (κ2) is 12.1. The average Bonchev–Trinajstić information content (AvgIpc) is 2.83. The molecule has 1 atom stereocenters. The van der Waals surface area contributed by atoms with E-state index in [4.69, 9.17) is 21.7 Å². The van der Waals surface area contributed by atoms with Gasteiger partial charge in [-0.1, -0.05) is 25.1 Å². The highest BCUT2D eigenvalue weighted by atomic mass is 32.2. The number of hydrogen-bond donors (Lipinski definition) is 3. The highest BCUT2D eigenvalue weighted by Crippen LogP contribution is 2.29. The van der Waals surface area contributed by atoms with Crippen LogP contribution in [0.25, 0.3) is 0 Å². The number of benzene rings is 3. The van der Waals surface area contributed by atoms with Gasteiger partial charge in [0.05, 0.1) is 25.2 Å². The van der Waals surface area contributed by atoms with E-state index in [-0.39, 0.29) is 11.2 Å². The van der Waals surface area contributed by atoms with E-state index in [1.807, 2.05) is 79.7 Å². The number of para-hydroxylation sites is 2. The first kappa shape index (κ1) is 24.4. The highest BCUT2D eigenvalue weighted by molar-refractivity contribution is 8.00. The Bertz CT molecular complexity index is 1090. The van der Waals surface area contributed by atoms with Gasteiger partial charge < -0.3 is 25.4 Å². The molecule has 1 amide bonds. The minimum absolute atomic E-state index is 0.0422. The quantitative estimate of drug-likeness (QED) is 0.255. The Morgan fingerprint density at radius 1 is 0.909 bits per heavy atom. The van der Waals surface area contributed by atoms with Gasteiger partial charge in [0.1, 0.15) is 11.5 Å². The molecular formula is C25H27N3O3S2. The molecule has 0 spiro atoms. The fraction of sp³-hybridized carbons (Fsp3) is 0.200. The zero-order valence-corrected chi connectivity index (χ0v) is 20.4. The number of amides is 1. The van der Waals surface area contributed by atoms with E-state index in [0.29, 0.717) is 17.3 Å². The Morgan fingerprint density at radius 2 is 1.67 bits per heavy atom. The Hall–Kier alpha value is -3.23. The summed E-state index contributed by atoms with van der Waals surface area (Å²) in [5.41, 5.74) is 2.35. The Kier molecular flexibility index (Phi) is 8.97. The predicted octanol–water partition coefficient (Wildman–Crippen LogP) is 6.02. The average molecular weight is 482 g/mol. The number of anilines is 3. The summed E-state index contributed by atoms with van der Waals surface area (Å²) in [6.07, 6.45) is 0.693. The van der Waals surface area contributed by atoms with Crippen LogP contribution < -0.4 is 25.4 Å². The number of nitrogens with one attached hydrogen (secondary N) is 3. The first-order valence-corrected chi connectivity index (χ1v) is 11.7. The second-order valence-electron chi connectivity index (χ2n) is 7.04. The molecule has 6 nitrogen and oxygen atoms in total. The molecule has 3 N–H and O–H groups in total. The Morgan fingerprint density at radius 3 is 2.36 bits per heavy atom. The lowest BCUT2D eigenvalue weighted by atomic mass is 10.2. The van der Waals surface area contributed by atoms with Crippen molar-refractivity contribution in [1.29, 1.82) is 0 Å². The van der Waals surface area contributed by atoms with Crippen LogP contribution in [0.15, 0.2) is 77.7 Å². The maximum atomic E-state index is 12.8. The maximum Gasteiger partial charge on any atom is 0.237 e. The molecular weight excluding hydrogens is 454 g/mol. The normalized spacial score (nSPS) is 11.2. The summed E-state index contributed by atoms with van der Waals surface area (Å²) in [4.78, 5) is 13.8. The summed E-state index contributed by atoms with van der Waals surface area (Å²) < 4.78 is 10.5. The van der Waals surface area contributed by atoms with Gasteiger partial charge in [-0.05, 0) is 73.2 Å². The monoisotopic (exact) mass is 481 g/mol. The molecule has 33 heavy (non-hydrogen) atoms. The summed E-state index contributed by atoms with van der Waals surface area (Å²) >= 11 is 6.97. The van der Waals surface area contributed by atoms with E-state index in [1.54, 1.807) is 14.2 Å². The molecule has 0 fully saturated rings. The lowest BCUT2D eigenvalue weighted by Crippen LogP contribution is -2.24. The van der Waals surface area contributed by atoms with Crippen LogP contribution in [-0.4, -0.2) is 30.5 Å². The molecule has 0 aliphatic heterocycles. The molecule has 0 saturated carbocycles. The van der Waals surface area contributed by atoms with Crippen molar-refractivity contribution in [3.8, 4) is 11.5 Å². The van der Waals surface area contributed by atoms with Crippen molar-refractivity contribution in [2.24, 2.45) is 0 Å². The number of carbonyl (C=O) groups is 1. The molecule has 3 aromatic carbocycles. The number of thioether (sulfide) groups is 1. The molecule has 0 bridgehead atoms. The second-order valence-corrected chi connectivity index (χ2v) is 8.72. The SMILES string of the molecule is CCC(Sc1cccc(NC(=S)Nc2ccccc2OC)c1)C(=O)Nc1ccc(OC)cc1. The standard InChI is InChI=1S/C25H27N3O3S2/c1-4-23(24(29)26-17-12-14-19(30-2)15-13-17)33-20-9-7-8-18(16-20)27-25(32)28-21-10-5-6-11-22(21)31-3/h5-16,23H,4H2,1-3H3,(H,26,29)(H2,27,28,32). The third-order valence-electron chi connectivity index (χ3n) is 4.75. The van der Waals surface area contributed by atoms with Crippen LogP contribution in [0.1, 0.15) is 13.3 Å². The highest BCUT2D eigenvalue weighted by Gasteiger charge is 2.18. The van der Waals surface area contributed by atoms with Crippen LogP contribution >= 0.6 is 24.0 Å². The van der Waals surface area contributed by atoms with Crippen LogP contribution in [0.4, 0.5) is 17.1 Å². The Balaban J connectivity index is 1.61. The summed E-state index contributed by atoms with van der Waals surface area (Å²) in [7, 11) is 3.23. The van der Waals surface area contributed by atoms with Crippen molar-refractivity contribution < 1.29 is 14.3 Å². The van der Waals surface area contributed by atoms with Gasteiger partial charge in [-0.2, -0.15) is 0 Å². The van der Waals surface area contributed by atoms with E-state index < -0.39 is 0 Å². The van der Waals surface area contributed by atoms with Crippen molar-refractivity contribution >= 4 is 52.1 Å². The van der Waals surface area contributed by atoms with Crippen molar-refractivity contribution in [1.82, 2.24) is 0 Å². The van der Waals surface area contributed by atoms with Gasteiger partial charge in [0.2, 0.25) is 5.91 Å². The van der Waals surface area contributed by atoms with Crippen LogP contribution in [0.5, 0.6) is 11.5 Å². The fourth-order valence-electron chi connectivity index (χ4n) is 3.06. The van der Waals surface area contributed by atoms with Gasteiger partial charge in [-0.3, -0.25) is 4.79 Å². The number of rotatable bonds is 9. The lowest BCUT2D eigenvalue weighted by molar-refractivity contribution is -0.115. The maximum absolute atomic E-state index is 12.8. The molecule has 0 heterocycles. The molecule has 0 saturated heterocycles. The van der Waals surface area contributed by atoms with Gasteiger partial charge in [0.15, 0.2) is 5.11 Å². The third-order valence-corrected chi connectivity index (χ3v) is 6.31. The van der Waals surface area contributed by atoms with Crippen LogP contribution in [0.2, 0.25) is 0 Å². The first-order valence-electron chi connectivity index (χ1n) is 10.4. The van der Waals surface area contributed by atoms with E-state index in [1.165, 1.54) is 11.8 Å². The number of thiocarbonyl (C=S) groups is 1. The molecule has 0 aromatic heterocycles. The van der Waals surface area contributed by atoms with E-state index in [2.05, 4.69) is 16.0 Å². The Labute approximate surface area is 204 Å². The van der Waals surface area contributed by atoms with Gasteiger partial charge in [0.25, 0.3) is 0 Å². The minimum Gasteiger partial charge on any atom is -0.497 e. The fourth-order valence-corrected chi connectivity index (χ4v) is 4.30. The topological polar surface area (TPSA) is 71.6 Å². The van der Waals surface area contributed by atoms with Crippen molar-refractivity contribution in [2.45, 2.75) is 23.5 Å². The predicted molar refractivity (Wildman–Crippen MR) is 141 cm³/mol. The van der Waals surface area contributed by atoms with E-state index in [0.717, 1.165) is 27.7 Å². The van der Waals surface area contributed by atoms with Crippen molar-refractivity contribution in [2.75, 3.05) is 30.2 Å². The smallest absolute Gasteiger partial charge is 0.237 e. The first-order chi connectivity index (χ1) is 16.0. The van der Waals surface area contributed by atoms with Crippen LogP contribution in [-0.2, 0) is 4.79 Å². The molecule has 3 rings (SSSR count). The van der Waals surface area contributed by atoms with Gasteiger partial charge in [-0.25, -0.2) is 0 Å². The summed E-state index contributed by atoms with van der Waals surface area (Å²) in [6.45, 7) is 2.00. The third kappa shape index (κ3) is 7.13. The zero-order chi connectivity index (χ0) is 23.6. The summed E-state index contributed by atoms with van der Waals surface area (Å²) in [5, 5.41) is 9.53. The summed E-state index contributed by atoms with van der Waals surface area (Å²) in [5.74, 6) is 1.41. The zero-order valence-electron chi connectivity index (χ0n) is 18.8. The molecule has 0 aliphatic rings. The molecule has 3 aromatic rings. The lowest BCUT2D eigenvalue weighted by Gasteiger charge is -2.16. The molecule has 172 valence electrons. The van der Waals surface area contributed by atoms with Crippen LogP contribution in [0, 0.1) is 0 Å². The van der Waals surface area contributed by atoms with Crippen molar-refractivity contribution in [3.63, 3.8) is 0 Å². The van der Waals surface area contributed by atoms with E-state index in [9.17, 15) is 4.79 Å². The van der Waals surface area contributed by atoms with E-state index >= 15 is 0 Å². The number of methoxy groups -OCH3 is 2. The van der Waals surface area contributed by atoms with Gasteiger partial charge in [-0.15, -0.1) is 11.8 Å². The van der Waals surface area contributed by atoms with Crippen LogP contribution in [0.3, 0.4) is 0 Å². The molecule has 0 aliphatic carbocycles. The largest absolute Gasteiger partial charge is 0.497 e. The van der Waals surface area contributed by atoms with Crippen molar-refractivity contribution in [3.05, 3.63) is 72.8 Å². The number of carbonyl (C=O) groups excluding carboxylic acids is 1.